The maximum Gasteiger partial charge on any atom is 0.139 e. The minimum Gasteiger partial charge on any atom is -0.493 e. The fraction of sp³-hybridized carbons (Fsp3) is 0.357. The fourth-order valence-electron chi connectivity index (χ4n) is 1.88. The Morgan fingerprint density at radius 3 is 2.68 bits per heavy atom. The second-order valence-electron chi connectivity index (χ2n) is 4.24. The maximum absolute atomic E-state index is 13.8. The predicted octanol–water partition coefficient (Wildman–Crippen LogP) is 3.24. The summed E-state index contributed by atoms with van der Waals surface area (Å²) in [5.74, 6) is -0.922. The van der Waals surface area contributed by atoms with Crippen molar-refractivity contribution in [1.82, 2.24) is 4.98 Å². The predicted molar refractivity (Wildman–Crippen MR) is 68.4 cm³/mol. The van der Waals surface area contributed by atoms with Crippen LogP contribution in [0.25, 0.3) is 10.9 Å². The van der Waals surface area contributed by atoms with Crippen molar-refractivity contribution < 1.29 is 18.3 Å². The number of methoxy groups -OCH3 is 1. The van der Waals surface area contributed by atoms with Crippen LogP contribution in [0.1, 0.15) is 12.1 Å². The molecule has 102 valence electrons. The van der Waals surface area contributed by atoms with Gasteiger partial charge in [-0.25, -0.2) is 8.78 Å². The van der Waals surface area contributed by atoms with Crippen molar-refractivity contribution in [3.05, 3.63) is 35.5 Å². The lowest BCUT2D eigenvalue weighted by molar-refractivity contribution is 0.172. The van der Waals surface area contributed by atoms with Crippen molar-refractivity contribution >= 4 is 10.9 Å². The number of benzene rings is 1. The first kappa shape index (κ1) is 13.7. The molecule has 0 N–H and O–H groups in total. The molecule has 3 nitrogen and oxygen atoms in total. The van der Waals surface area contributed by atoms with Gasteiger partial charge in [-0.15, -0.1) is 0 Å². The monoisotopic (exact) mass is 267 g/mol. The highest BCUT2D eigenvalue weighted by Crippen LogP contribution is 2.29. The van der Waals surface area contributed by atoms with Crippen molar-refractivity contribution in [2.75, 3.05) is 20.3 Å². The lowest BCUT2D eigenvalue weighted by Gasteiger charge is -2.11. The zero-order valence-corrected chi connectivity index (χ0v) is 10.9. The van der Waals surface area contributed by atoms with Gasteiger partial charge < -0.3 is 9.47 Å². The van der Waals surface area contributed by atoms with E-state index >= 15 is 0 Å². The smallest absolute Gasteiger partial charge is 0.139 e. The maximum atomic E-state index is 13.8. The molecule has 1 aromatic carbocycles. The van der Waals surface area contributed by atoms with Crippen LogP contribution in [0.4, 0.5) is 8.78 Å². The Morgan fingerprint density at radius 2 is 1.95 bits per heavy atom. The first-order chi connectivity index (χ1) is 9.11. The zero-order chi connectivity index (χ0) is 13.8. The highest BCUT2D eigenvalue weighted by Gasteiger charge is 2.12. The molecule has 0 aliphatic carbocycles. The quantitative estimate of drug-likeness (QED) is 0.779. The van der Waals surface area contributed by atoms with Gasteiger partial charge >= 0.3 is 0 Å². The van der Waals surface area contributed by atoms with E-state index in [1.807, 2.05) is 0 Å². The van der Waals surface area contributed by atoms with Gasteiger partial charge in [-0.3, -0.25) is 4.98 Å². The molecule has 0 radical (unpaired) electrons. The van der Waals surface area contributed by atoms with Gasteiger partial charge in [-0.1, -0.05) is 0 Å². The van der Waals surface area contributed by atoms with E-state index in [0.29, 0.717) is 31.1 Å². The number of hydrogen-bond donors (Lipinski definition) is 0. The molecular weight excluding hydrogens is 252 g/mol. The van der Waals surface area contributed by atoms with Gasteiger partial charge in [-0.2, -0.15) is 0 Å². The SMILES string of the molecule is COCCCOc1cc(C)nc2cc(F)cc(F)c12. The van der Waals surface area contributed by atoms with Crippen molar-refractivity contribution in [3.63, 3.8) is 0 Å². The summed E-state index contributed by atoms with van der Waals surface area (Å²) in [4.78, 5) is 4.12. The molecule has 0 bridgehead atoms. The minimum absolute atomic E-state index is 0.212. The summed E-state index contributed by atoms with van der Waals surface area (Å²) in [5, 5.41) is 0.212. The van der Waals surface area contributed by atoms with E-state index in [1.165, 1.54) is 6.07 Å². The van der Waals surface area contributed by atoms with Gasteiger partial charge in [0.05, 0.1) is 17.5 Å². The number of hydrogen-bond acceptors (Lipinski definition) is 3. The first-order valence-corrected chi connectivity index (χ1v) is 6.00. The van der Waals surface area contributed by atoms with Crippen LogP contribution in [-0.4, -0.2) is 25.3 Å². The molecule has 5 heteroatoms. The molecule has 0 saturated heterocycles. The molecule has 19 heavy (non-hydrogen) atoms. The topological polar surface area (TPSA) is 31.4 Å². The lowest BCUT2D eigenvalue weighted by atomic mass is 10.1. The molecule has 0 amide bonds. The van der Waals surface area contributed by atoms with Crippen LogP contribution < -0.4 is 4.74 Å². The van der Waals surface area contributed by atoms with Gasteiger partial charge in [-0.05, 0) is 6.92 Å². The Balaban J connectivity index is 2.36. The van der Waals surface area contributed by atoms with Crippen LogP contribution in [0.15, 0.2) is 18.2 Å². The average Bonchev–Trinajstić information content (AvgIpc) is 2.33. The number of pyridine rings is 1. The van der Waals surface area contributed by atoms with E-state index in [9.17, 15) is 8.78 Å². The third-order valence-electron chi connectivity index (χ3n) is 2.67. The molecular formula is C14H15F2NO2. The first-order valence-electron chi connectivity index (χ1n) is 6.00. The molecule has 0 aliphatic heterocycles. The van der Waals surface area contributed by atoms with Gasteiger partial charge in [0.15, 0.2) is 0 Å². The summed E-state index contributed by atoms with van der Waals surface area (Å²) in [7, 11) is 1.61. The summed E-state index contributed by atoms with van der Waals surface area (Å²) in [5.41, 5.74) is 0.915. The van der Waals surface area contributed by atoms with E-state index < -0.39 is 11.6 Å². The summed E-state index contributed by atoms with van der Waals surface area (Å²) in [6.45, 7) is 2.73. The van der Waals surface area contributed by atoms with E-state index in [-0.39, 0.29) is 10.9 Å². The average molecular weight is 267 g/mol. The van der Waals surface area contributed by atoms with Crippen LogP contribution in [0.2, 0.25) is 0 Å². The van der Waals surface area contributed by atoms with Crippen molar-refractivity contribution in [2.45, 2.75) is 13.3 Å². The second-order valence-corrected chi connectivity index (χ2v) is 4.24. The minimum atomic E-state index is -0.663. The third-order valence-corrected chi connectivity index (χ3v) is 2.67. The normalized spacial score (nSPS) is 10.9. The standard InChI is InChI=1S/C14H15F2NO2/c1-9-6-13(19-5-3-4-18-2)14-11(16)7-10(15)8-12(14)17-9/h6-8H,3-5H2,1-2H3. The van der Waals surface area contributed by atoms with Crippen LogP contribution >= 0.6 is 0 Å². The Hall–Kier alpha value is -1.75. The highest BCUT2D eigenvalue weighted by molar-refractivity contribution is 5.86. The summed E-state index contributed by atoms with van der Waals surface area (Å²) >= 11 is 0. The third kappa shape index (κ3) is 3.17. The molecule has 2 aromatic rings. The highest BCUT2D eigenvalue weighted by atomic mass is 19.1. The summed E-state index contributed by atoms with van der Waals surface area (Å²) in [6.07, 6.45) is 0.697. The molecule has 0 spiro atoms. The summed E-state index contributed by atoms with van der Waals surface area (Å²) in [6, 6.07) is 3.69. The fourth-order valence-corrected chi connectivity index (χ4v) is 1.88. The molecule has 0 saturated carbocycles. The van der Waals surface area contributed by atoms with Crippen molar-refractivity contribution in [1.29, 1.82) is 0 Å². The number of rotatable bonds is 5. The van der Waals surface area contributed by atoms with Gasteiger partial charge in [0.2, 0.25) is 0 Å². The van der Waals surface area contributed by atoms with Crippen molar-refractivity contribution in [3.8, 4) is 5.75 Å². The molecule has 0 unspecified atom stereocenters. The van der Waals surface area contributed by atoms with Crippen LogP contribution in [-0.2, 0) is 4.74 Å². The van der Waals surface area contributed by atoms with Crippen LogP contribution in [0.5, 0.6) is 5.75 Å². The Bertz CT molecular complexity index is 582. The number of aryl methyl sites for hydroxylation is 1. The van der Waals surface area contributed by atoms with Gasteiger partial charge in [0.25, 0.3) is 0 Å². The molecule has 1 aromatic heterocycles. The van der Waals surface area contributed by atoms with Gasteiger partial charge in [0, 0.05) is 44.0 Å². The van der Waals surface area contributed by atoms with E-state index in [4.69, 9.17) is 9.47 Å². The Morgan fingerprint density at radius 1 is 1.16 bits per heavy atom. The summed E-state index contributed by atoms with van der Waals surface area (Å²) < 4.78 is 37.5. The second kappa shape index (κ2) is 5.93. The molecule has 1 heterocycles. The molecule has 0 fully saturated rings. The molecule has 0 aliphatic rings. The van der Waals surface area contributed by atoms with E-state index in [1.54, 1.807) is 20.1 Å². The molecule has 0 atom stereocenters. The number of ether oxygens (including phenoxy) is 2. The Labute approximate surface area is 110 Å². The van der Waals surface area contributed by atoms with Crippen LogP contribution in [0, 0.1) is 18.6 Å². The zero-order valence-electron chi connectivity index (χ0n) is 10.9. The number of aromatic nitrogens is 1. The van der Waals surface area contributed by atoms with E-state index in [0.717, 1.165) is 6.07 Å². The molecule has 2 rings (SSSR count). The van der Waals surface area contributed by atoms with Crippen LogP contribution in [0.3, 0.4) is 0 Å². The van der Waals surface area contributed by atoms with Gasteiger partial charge in [0.1, 0.15) is 17.4 Å². The van der Waals surface area contributed by atoms with Crippen molar-refractivity contribution in [2.24, 2.45) is 0 Å². The number of nitrogens with zero attached hydrogens (tertiary/aromatic N) is 1. The largest absolute Gasteiger partial charge is 0.493 e. The lowest BCUT2D eigenvalue weighted by Crippen LogP contribution is -2.03. The van der Waals surface area contributed by atoms with E-state index in [2.05, 4.69) is 4.98 Å². The Kier molecular flexibility index (Phi) is 4.27. The number of fused-ring (bicyclic) bond motifs is 1. The number of halogens is 2.